The summed E-state index contributed by atoms with van der Waals surface area (Å²) in [5.74, 6) is 1.04. The molecule has 0 spiro atoms. The number of aliphatic hydroxyl groups excluding tert-OH is 1. The summed E-state index contributed by atoms with van der Waals surface area (Å²) in [4.78, 5) is 0. The minimum atomic E-state index is -0.614. The van der Waals surface area contributed by atoms with E-state index in [0.717, 1.165) is 16.5 Å². The van der Waals surface area contributed by atoms with Gasteiger partial charge >= 0.3 is 0 Å². The second-order valence-electron chi connectivity index (χ2n) is 6.07. The highest BCUT2D eigenvalue weighted by atomic mass is 16.5. The van der Waals surface area contributed by atoms with E-state index in [9.17, 15) is 5.11 Å². The third-order valence-corrected chi connectivity index (χ3v) is 4.74. The zero-order valence-corrected chi connectivity index (χ0v) is 12.5. The molecule has 0 bridgehead atoms. The Hall–Kier alpha value is -1.32. The maximum Gasteiger partial charge on any atom is 0.137 e. The van der Waals surface area contributed by atoms with Gasteiger partial charge in [-0.1, -0.05) is 25.1 Å². The summed E-state index contributed by atoms with van der Waals surface area (Å²) in [5, 5.41) is 11.7. The number of hydrogen-bond donors (Lipinski definition) is 1. The summed E-state index contributed by atoms with van der Waals surface area (Å²) in [7, 11) is 0. The molecule has 1 aliphatic rings. The van der Waals surface area contributed by atoms with Crippen LogP contribution in [-0.2, 0) is 4.74 Å². The SMILES string of the molecule is Cc1cccc2cc(C(O)C3C(C)OC(C)C3C)oc12. The average molecular weight is 274 g/mol. The van der Waals surface area contributed by atoms with Crippen LogP contribution < -0.4 is 0 Å². The zero-order chi connectivity index (χ0) is 14.4. The number of para-hydroxylation sites is 1. The van der Waals surface area contributed by atoms with Crippen LogP contribution in [0, 0.1) is 18.8 Å². The van der Waals surface area contributed by atoms with Gasteiger partial charge in [0.1, 0.15) is 17.4 Å². The van der Waals surface area contributed by atoms with Gasteiger partial charge in [-0.05, 0) is 38.3 Å². The molecule has 3 rings (SSSR count). The molecule has 1 aliphatic heterocycles. The summed E-state index contributed by atoms with van der Waals surface area (Å²) in [6, 6.07) is 8.00. The van der Waals surface area contributed by atoms with Gasteiger partial charge < -0.3 is 14.3 Å². The van der Waals surface area contributed by atoms with E-state index in [-0.39, 0.29) is 18.1 Å². The second kappa shape index (κ2) is 4.90. The first-order valence-electron chi connectivity index (χ1n) is 7.31. The fourth-order valence-electron chi connectivity index (χ4n) is 3.40. The van der Waals surface area contributed by atoms with Crippen molar-refractivity contribution in [1.82, 2.24) is 0 Å². The minimum Gasteiger partial charge on any atom is -0.458 e. The van der Waals surface area contributed by atoms with E-state index in [1.807, 2.05) is 38.1 Å². The lowest BCUT2D eigenvalue weighted by atomic mass is 9.84. The number of benzene rings is 1. The van der Waals surface area contributed by atoms with Crippen LogP contribution >= 0.6 is 0 Å². The van der Waals surface area contributed by atoms with Crippen molar-refractivity contribution in [3.8, 4) is 0 Å². The highest BCUT2D eigenvalue weighted by Gasteiger charge is 2.42. The van der Waals surface area contributed by atoms with Crippen molar-refractivity contribution in [2.24, 2.45) is 11.8 Å². The molecule has 1 saturated heterocycles. The third-order valence-electron chi connectivity index (χ3n) is 4.74. The van der Waals surface area contributed by atoms with Gasteiger partial charge in [0.15, 0.2) is 0 Å². The fraction of sp³-hybridized carbons (Fsp3) is 0.529. The van der Waals surface area contributed by atoms with Crippen LogP contribution in [0.25, 0.3) is 11.0 Å². The first-order valence-corrected chi connectivity index (χ1v) is 7.31. The number of aliphatic hydroxyl groups is 1. The maximum absolute atomic E-state index is 10.7. The number of rotatable bonds is 2. The first kappa shape index (κ1) is 13.7. The van der Waals surface area contributed by atoms with Crippen LogP contribution in [0.15, 0.2) is 28.7 Å². The fourth-order valence-corrected chi connectivity index (χ4v) is 3.40. The quantitative estimate of drug-likeness (QED) is 0.905. The molecule has 1 aromatic carbocycles. The van der Waals surface area contributed by atoms with Crippen LogP contribution in [0.1, 0.15) is 38.2 Å². The van der Waals surface area contributed by atoms with E-state index < -0.39 is 6.10 Å². The van der Waals surface area contributed by atoms with Gasteiger partial charge in [0, 0.05) is 11.3 Å². The van der Waals surface area contributed by atoms with Crippen LogP contribution in [0.4, 0.5) is 0 Å². The van der Waals surface area contributed by atoms with Crippen LogP contribution in [-0.4, -0.2) is 17.3 Å². The topological polar surface area (TPSA) is 42.6 Å². The molecular weight excluding hydrogens is 252 g/mol. The van der Waals surface area contributed by atoms with E-state index in [1.54, 1.807) is 0 Å². The van der Waals surface area contributed by atoms with Crippen molar-refractivity contribution in [3.63, 3.8) is 0 Å². The first-order chi connectivity index (χ1) is 9.49. The molecule has 108 valence electrons. The number of fused-ring (bicyclic) bond motifs is 1. The highest BCUT2D eigenvalue weighted by Crippen LogP contribution is 2.41. The number of ether oxygens (including phenoxy) is 1. The molecule has 2 heterocycles. The van der Waals surface area contributed by atoms with Gasteiger partial charge in [-0.2, -0.15) is 0 Å². The van der Waals surface area contributed by atoms with Crippen molar-refractivity contribution in [1.29, 1.82) is 0 Å². The van der Waals surface area contributed by atoms with E-state index in [2.05, 4.69) is 13.8 Å². The highest BCUT2D eigenvalue weighted by molar-refractivity contribution is 5.80. The Morgan fingerprint density at radius 1 is 1.15 bits per heavy atom. The minimum absolute atomic E-state index is 0.0457. The molecule has 2 aromatic rings. The van der Waals surface area contributed by atoms with Crippen LogP contribution in [0.3, 0.4) is 0 Å². The monoisotopic (exact) mass is 274 g/mol. The molecule has 0 radical (unpaired) electrons. The summed E-state index contributed by atoms with van der Waals surface area (Å²) < 4.78 is 11.7. The molecule has 3 heteroatoms. The zero-order valence-electron chi connectivity index (χ0n) is 12.5. The Bertz CT molecular complexity index is 616. The van der Waals surface area contributed by atoms with Crippen molar-refractivity contribution in [2.45, 2.75) is 46.0 Å². The predicted octanol–water partition coefficient (Wildman–Crippen LogP) is 3.83. The molecule has 3 nitrogen and oxygen atoms in total. The van der Waals surface area contributed by atoms with Crippen molar-refractivity contribution >= 4 is 11.0 Å². The number of furan rings is 1. The molecule has 1 fully saturated rings. The van der Waals surface area contributed by atoms with Crippen LogP contribution in [0.2, 0.25) is 0 Å². The Kier molecular flexibility index (Phi) is 3.35. The largest absolute Gasteiger partial charge is 0.458 e. The van der Waals surface area contributed by atoms with Gasteiger partial charge in [-0.15, -0.1) is 0 Å². The normalized spacial score (nSPS) is 31.9. The van der Waals surface area contributed by atoms with Gasteiger partial charge in [-0.25, -0.2) is 0 Å². The second-order valence-corrected chi connectivity index (χ2v) is 6.07. The third kappa shape index (κ3) is 2.05. The lowest BCUT2D eigenvalue weighted by molar-refractivity contribution is 0.0162. The summed E-state index contributed by atoms with van der Waals surface area (Å²) in [5.41, 5.74) is 1.96. The number of aryl methyl sites for hydroxylation is 1. The van der Waals surface area contributed by atoms with E-state index in [0.29, 0.717) is 11.7 Å². The van der Waals surface area contributed by atoms with Gasteiger partial charge in [0.2, 0.25) is 0 Å². The molecule has 5 atom stereocenters. The average Bonchev–Trinajstić information content (AvgIpc) is 2.93. The predicted molar refractivity (Wildman–Crippen MR) is 78.6 cm³/mol. The van der Waals surface area contributed by atoms with E-state index in [1.165, 1.54) is 0 Å². The molecule has 5 unspecified atom stereocenters. The molecule has 1 aromatic heterocycles. The summed E-state index contributed by atoms with van der Waals surface area (Å²) >= 11 is 0. The van der Waals surface area contributed by atoms with Gasteiger partial charge in [0.05, 0.1) is 12.2 Å². The van der Waals surface area contributed by atoms with Crippen molar-refractivity contribution in [3.05, 3.63) is 35.6 Å². The summed E-state index contributed by atoms with van der Waals surface area (Å²) in [6.07, 6.45) is -0.392. The maximum atomic E-state index is 10.7. The van der Waals surface area contributed by atoms with Gasteiger partial charge in [-0.3, -0.25) is 0 Å². The Balaban J connectivity index is 1.96. The molecular formula is C17H22O3. The molecule has 0 amide bonds. The van der Waals surface area contributed by atoms with E-state index >= 15 is 0 Å². The lowest BCUT2D eigenvalue weighted by Gasteiger charge is -2.22. The Morgan fingerprint density at radius 2 is 1.90 bits per heavy atom. The lowest BCUT2D eigenvalue weighted by Crippen LogP contribution is -2.24. The Morgan fingerprint density at radius 3 is 2.50 bits per heavy atom. The smallest absolute Gasteiger partial charge is 0.137 e. The van der Waals surface area contributed by atoms with Gasteiger partial charge in [0.25, 0.3) is 0 Å². The Labute approximate surface area is 119 Å². The standard InChI is InChI=1S/C17H22O3/c1-9-6-5-7-13-8-14(20-17(9)13)16(18)15-10(2)11(3)19-12(15)4/h5-8,10-12,15-16,18H,1-4H3. The van der Waals surface area contributed by atoms with E-state index in [4.69, 9.17) is 9.15 Å². The molecule has 20 heavy (non-hydrogen) atoms. The summed E-state index contributed by atoms with van der Waals surface area (Å²) in [6.45, 7) is 8.25. The molecule has 1 N–H and O–H groups in total. The molecule has 0 aliphatic carbocycles. The van der Waals surface area contributed by atoms with Crippen LogP contribution in [0.5, 0.6) is 0 Å². The van der Waals surface area contributed by atoms with Crippen molar-refractivity contribution in [2.75, 3.05) is 0 Å². The number of hydrogen-bond acceptors (Lipinski definition) is 3. The molecule has 0 saturated carbocycles. The van der Waals surface area contributed by atoms with Crippen molar-refractivity contribution < 1.29 is 14.3 Å².